The average Bonchev–Trinajstić information content (AvgIpc) is 2.43. The van der Waals surface area contributed by atoms with Crippen molar-refractivity contribution in [3.8, 4) is 0 Å². The molecule has 0 amide bonds. The van der Waals surface area contributed by atoms with Crippen LogP contribution in [0, 0.1) is 5.92 Å². The Balaban J connectivity index is 4.14. The van der Waals surface area contributed by atoms with Crippen LogP contribution in [0.3, 0.4) is 0 Å². The predicted molar refractivity (Wildman–Crippen MR) is 86.0 cm³/mol. The van der Waals surface area contributed by atoms with Gasteiger partial charge in [-0.15, -0.1) is 11.8 Å². The second-order valence-corrected chi connectivity index (χ2v) is 7.15. The van der Waals surface area contributed by atoms with Gasteiger partial charge in [-0.25, -0.2) is 8.78 Å². The Bertz CT molecular complexity index is 283. The highest BCUT2D eigenvalue weighted by Crippen LogP contribution is 2.27. The fourth-order valence-corrected chi connectivity index (χ4v) is 2.87. The monoisotopic (exact) mass is 324 g/mol. The second kappa shape index (κ2) is 11.3. The quantitative estimate of drug-likeness (QED) is 0.360. The van der Waals surface area contributed by atoms with Gasteiger partial charge in [-0.2, -0.15) is 0 Å². The highest BCUT2D eigenvalue weighted by molar-refractivity contribution is 8.00. The summed E-state index contributed by atoms with van der Waals surface area (Å²) in [7, 11) is 0. The largest absolute Gasteiger partial charge is 0.465 e. The molecule has 0 aromatic carbocycles. The van der Waals surface area contributed by atoms with E-state index in [1.165, 1.54) is 18.7 Å². The standard InChI is InChI=1S/C16H30F2O2S/c1-5-7-9-14(15(19)20-12-13(3)4)21-11-8-10-16(17,18)6-2/h13-14H,5-12H2,1-4H3. The van der Waals surface area contributed by atoms with Crippen molar-refractivity contribution in [2.45, 2.75) is 77.4 Å². The maximum absolute atomic E-state index is 13.1. The van der Waals surface area contributed by atoms with Gasteiger partial charge in [0, 0.05) is 12.8 Å². The third kappa shape index (κ3) is 11.0. The van der Waals surface area contributed by atoms with Crippen LogP contribution >= 0.6 is 11.8 Å². The van der Waals surface area contributed by atoms with Crippen molar-refractivity contribution in [2.24, 2.45) is 5.92 Å². The van der Waals surface area contributed by atoms with E-state index in [0.29, 0.717) is 24.7 Å². The molecule has 5 heteroatoms. The van der Waals surface area contributed by atoms with E-state index in [4.69, 9.17) is 4.74 Å². The van der Waals surface area contributed by atoms with Crippen LogP contribution in [0.15, 0.2) is 0 Å². The summed E-state index contributed by atoms with van der Waals surface area (Å²) in [5.41, 5.74) is 0. The molecule has 0 aliphatic carbocycles. The average molecular weight is 324 g/mol. The van der Waals surface area contributed by atoms with Crippen LogP contribution in [0.4, 0.5) is 8.78 Å². The lowest BCUT2D eigenvalue weighted by atomic mass is 10.1. The van der Waals surface area contributed by atoms with Crippen molar-refractivity contribution in [2.75, 3.05) is 12.4 Å². The van der Waals surface area contributed by atoms with Crippen molar-refractivity contribution in [1.82, 2.24) is 0 Å². The number of halogens is 2. The summed E-state index contributed by atoms with van der Waals surface area (Å²) in [4.78, 5) is 12.0. The van der Waals surface area contributed by atoms with Crippen molar-refractivity contribution in [3.63, 3.8) is 0 Å². The number of carbonyl (C=O) groups is 1. The Morgan fingerprint density at radius 1 is 1.24 bits per heavy atom. The van der Waals surface area contributed by atoms with Crippen molar-refractivity contribution in [3.05, 3.63) is 0 Å². The lowest BCUT2D eigenvalue weighted by Crippen LogP contribution is -2.23. The molecule has 1 unspecified atom stereocenters. The van der Waals surface area contributed by atoms with Gasteiger partial charge in [0.2, 0.25) is 5.92 Å². The Morgan fingerprint density at radius 3 is 2.43 bits per heavy atom. The molecule has 0 aromatic rings. The van der Waals surface area contributed by atoms with Crippen LogP contribution in [0.5, 0.6) is 0 Å². The van der Waals surface area contributed by atoms with E-state index in [1.54, 1.807) is 0 Å². The summed E-state index contributed by atoms with van der Waals surface area (Å²) in [6.07, 6.45) is 2.96. The van der Waals surface area contributed by atoms with Crippen LogP contribution in [-0.4, -0.2) is 29.5 Å². The van der Waals surface area contributed by atoms with Crippen LogP contribution in [0.1, 0.15) is 66.2 Å². The van der Waals surface area contributed by atoms with E-state index < -0.39 is 5.92 Å². The number of alkyl halides is 2. The predicted octanol–water partition coefficient (Wildman–Crippen LogP) is 5.30. The fourth-order valence-electron chi connectivity index (χ4n) is 1.73. The molecule has 0 aliphatic rings. The molecule has 0 bridgehead atoms. The lowest BCUT2D eigenvalue weighted by Gasteiger charge is -2.17. The van der Waals surface area contributed by atoms with E-state index in [2.05, 4.69) is 6.92 Å². The first-order chi connectivity index (χ1) is 9.82. The van der Waals surface area contributed by atoms with Gasteiger partial charge >= 0.3 is 5.97 Å². The molecule has 0 heterocycles. The van der Waals surface area contributed by atoms with Crippen molar-refractivity contribution >= 4 is 17.7 Å². The van der Waals surface area contributed by atoms with Crippen LogP contribution in [0.2, 0.25) is 0 Å². The van der Waals surface area contributed by atoms with E-state index in [0.717, 1.165) is 19.3 Å². The molecule has 0 radical (unpaired) electrons. The van der Waals surface area contributed by atoms with Gasteiger partial charge in [0.05, 0.1) is 6.61 Å². The number of esters is 1. The first-order valence-electron chi connectivity index (χ1n) is 7.98. The summed E-state index contributed by atoms with van der Waals surface area (Å²) in [5.74, 6) is -1.86. The highest BCUT2D eigenvalue weighted by atomic mass is 32.2. The molecule has 0 saturated heterocycles. The molecule has 0 N–H and O–H groups in total. The molecule has 0 spiro atoms. The van der Waals surface area contributed by atoms with Crippen LogP contribution < -0.4 is 0 Å². The van der Waals surface area contributed by atoms with Crippen molar-refractivity contribution < 1.29 is 18.3 Å². The lowest BCUT2D eigenvalue weighted by molar-refractivity contribution is -0.144. The van der Waals surface area contributed by atoms with Gasteiger partial charge in [-0.3, -0.25) is 4.79 Å². The highest BCUT2D eigenvalue weighted by Gasteiger charge is 2.26. The molecule has 1 atom stereocenters. The van der Waals surface area contributed by atoms with E-state index in [9.17, 15) is 13.6 Å². The first-order valence-corrected chi connectivity index (χ1v) is 9.03. The number of hydrogen-bond donors (Lipinski definition) is 0. The molecule has 0 saturated carbocycles. The van der Waals surface area contributed by atoms with Gasteiger partial charge in [0.1, 0.15) is 5.25 Å². The van der Waals surface area contributed by atoms with Gasteiger partial charge in [-0.1, -0.05) is 40.5 Å². The van der Waals surface area contributed by atoms with Crippen LogP contribution in [0.25, 0.3) is 0 Å². The number of rotatable bonds is 12. The Labute approximate surface area is 132 Å². The number of ether oxygens (including phenoxy) is 1. The van der Waals surface area contributed by atoms with Gasteiger partial charge in [-0.05, 0) is 24.5 Å². The molecule has 0 aliphatic heterocycles. The minimum Gasteiger partial charge on any atom is -0.465 e. The summed E-state index contributed by atoms with van der Waals surface area (Å²) in [6.45, 7) is 7.99. The number of thioether (sulfide) groups is 1. The van der Waals surface area contributed by atoms with Crippen LogP contribution in [-0.2, 0) is 9.53 Å². The SMILES string of the molecule is CCCCC(SCCCC(F)(F)CC)C(=O)OCC(C)C. The Morgan fingerprint density at radius 2 is 1.90 bits per heavy atom. The molecule has 0 fully saturated rings. The third-order valence-corrected chi connectivity index (χ3v) is 4.52. The van der Waals surface area contributed by atoms with Crippen molar-refractivity contribution in [1.29, 1.82) is 0 Å². The second-order valence-electron chi connectivity index (χ2n) is 5.84. The van der Waals surface area contributed by atoms with Gasteiger partial charge in [0.15, 0.2) is 0 Å². The zero-order chi connectivity index (χ0) is 16.3. The zero-order valence-corrected chi connectivity index (χ0v) is 14.6. The summed E-state index contributed by atoms with van der Waals surface area (Å²) in [5, 5.41) is -0.209. The van der Waals surface area contributed by atoms with E-state index in [1.807, 2.05) is 13.8 Å². The Hall–Kier alpha value is -0.320. The number of carbonyl (C=O) groups excluding carboxylic acids is 1. The van der Waals surface area contributed by atoms with E-state index in [-0.39, 0.29) is 24.1 Å². The van der Waals surface area contributed by atoms with E-state index >= 15 is 0 Å². The zero-order valence-electron chi connectivity index (χ0n) is 13.8. The first kappa shape index (κ1) is 20.7. The van der Waals surface area contributed by atoms with Gasteiger partial charge < -0.3 is 4.74 Å². The molecular weight excluding hydrogens is 294 g/mol. The number of hydrogen-bond acceptors (Lipinski definition) is 3. The maximum Gasteiger partial charge on any atom is 0.319 e. The molecule has 2 nitrogen and oxygen atoms in total. The molecule has 0 aromatic heterocycles. The summed E-state index contributed by atoms with van der Waals surface area (Å²) in [6, 6.07) is 0. The minimum atomic E-state index is -2.57. The smallest absolute Gasteiger partial charge is 0.319 e. The molecule has 0 rings (SSSR count). The molecule has 126 valence electrons. The summed E-state index contributed by atoms with van der Waals surface area (Å²) < 4.78 is 31.6. The third-order valence-electron chi connectivity index (χ3n) is 3.16. The maximum atomic E-state index is 13.1. The Kier molecular flexibility index (Phi) is 11.1. The summed E-state index contributed by atoms with van der Waals surface area (Å²) >= 11 is 1.46. The molecular formula is C16H30F2O2S. The minimum absolute atomic E-state index is 0.0992. The normalized spacial score (nSPS) is 13.5. The fraction of sp³-hybridized carbons (Fsp3) is 0.938. The number of unbranched alkanes of at least 4 members (excludes halogenated alkanes) is 1. The van der Waals surface area contributed by atoms with Gasteiger partial charge in [0.25, 0.3) is 0 Å². The topological polar surface area (TPSA) is 26.3 Å². The molecule has 21 heavy (non-hydrogen) atoms.